The number of sulfonamides is 1. The molecule has 0 heterocycles. The van der Waals surface area contributed by atoms with Gasteiger partial charge in [0.15, 0.2) is 0 Å². The van der Waals surface area contributed by atoms with Crippen LogP contribution in [0.2, 0.25) is 5.02 Å². The van der Waals surface area contributed by atoms with Gasteiger partial charge < -0.3 is 5.32 Å². The number of carbonyl (C=O) groups is 1. The molecule has 7 heteroatoms. The maximum atomic E-state index is 12.1. The highest BCUT2D eigenvalue weighted by Crippen LogP contribution is 2.21. The Morgan fingerprint density at radius 2 is 1.73 bits per heavy atom. The van der Waals surface area contributed by atoms with Gasteiger partial charge in [0, 0.05) is 11.3 Å². The van der Waals surface area contributed by atoms with Gasteiger partial charge in [0.05, 0.1) is 16.5 Å². The van der Waals surface area contributed by atoms with Crippen LogP contribution in [0.4, 0.5) is 11.4 Å². The number of benzene rings is 2. The van der Waals surface area contributed by atoms with Gasteiger partial charge in [-0.25, -0.2) is 8.42 Å². The molecule has 2 rings (SSSR count). The predicted molar refractivity (Wildman–Crippen MR) is 88.9 cm³/mol. The van der Waals surface area contributed by atoms with E-state index in [1.807, 2.05) is 0 Å². The molecule has 0 spiro atoms. The van der Waals surface area contributed by atoms with Crippen molar-refractivity contribution < 1.29 is 13.2 Å². The number of rotatable bonds is 5. The quantitative estimate of drug-likeness (QED) is 0.877. The standard InChI is InChI=1S/C15H15ClN2O3S/c1-2-22(20,21)18-12-9-7-11(8-10-12)15(19)17-14-6-4-3-5-13(14)16/h3-10,18H,2H2,1H3,(H,17,19). The fourth-order valence-corrected chi connectivity index (χ4v) is 2.52. The summed E-state index contributed by atoms with van der Waals surface area (Å²) < 4.78 is 25.3. The van der Waals surface area contributed by atoms with E-state index >= 15 is 0 Å². The van der Waals surface area contributed by atoms with Crippen molar-refractivity contribution in [3.8, 4) is 0 Å². The molecule has 116 valence electrons. The maximum Gasteiger partial charge on any atom is 0.255 e. The van der Waals surface area contributed by atoms with Crippen LogP contribution >= 0.6 is 11.6 Å². The van der Waals surface area contributed by atoms with Gasteiger partial charge in [-0.05, 0) is 43.3 Å². The van der Waals surface area contributed by atoms with Gasteiger partial charge in [0.2, 0.25) is 10.0 Å². The summed E-state index contributed by atoms with van der Waals surface area (Å²) in [4.78, 5) is 12.1. The summed E-state index contributed by atoms with van der Waals surface area (Å²) in [5.41, 5.74) is 1.33. The molecule has 0 saturated carbocycles. The number of hydrogen-bond donors (Lipinski definition) is 2. The molecule has 0 aliphatic carbocycles. The molecule has 0 unspecified atom stereocenters. The van der Waals surface area contributed by atoms with Crippen LogP contribution < -0.4 is 10.0 Å². The van der Waals surface area contributed by atoms with Gasteiger partial charge in [-0.15, -0.1) is 0 Å². The first-order valence-corrected chi connectivity index (χ1v) is 8.61. The average molecular weight is 339 g/mol. The van der Waals surface area contributed by atoms with Crippen molar-refractivity contribution in [3.63, 3.8) is 0 Å². The smallest absolute Gasteiger partial charge is 0.255 e. The molecule has 0 aliphatic rings. The third-order valence-electron chi connectivity index (χ3n) is 2.92. The van der Waals surface area contributed by atoms with E-state index in [1.165, 1.54) is 12.1 Å². The summed E-state index contributed by atoms with van der Waals surface area (Å²) in [6, 6.07) is 13.1. The number of hydrogen-bond acceptors (Lipinski definition) is 3. The summed E-state index contributed by atoms with van der Waals surface area (Å²) in [7, 11) is -3.33. The molecule has 0 fully saturated rings. The van der Waals surface area contributed by atoms with Gasteiger partial charge in [-0.3, -0.25) is 9.52 Å². The zero-order valence-electron chi connectivity index (χ0n) is 11.8. The van der Waals surface area contributed by atoms with Crippen molar-refractivity contribution in [1.82, 2.24) is 0 Å². The molecule has 0 radical (unpaired) electrons. The van der Waals surface area contributed by atoms with Crippen molar-refractivity contribution in [2.45, 2.75) is 6.92 Å². The van der Waals surface area contributed by atoms with Crippen LogP contribution in [0.5, 0.6) is 0 Å². The van der Waals surface area contributed by atoms with Crippen LogP contribution in [-0.4, -0.2) is 20.1 Å². The second-order valence-electron chi connectivity index (χ2n) is 4.52. The Kier molecular flexibility index (Phi) is 5.05. The fourth-order valence-electron chi connectivity index (χ4n) is 1.70. The lowest BCUT2D eigenvalue weighted by molar-refractivity contribution is 0.102. The number of para-hydroxylation sites is 1. The average Bonchev–Trinajstić information content (AvgIpc) is 2.50. The lowest BCUT2D eigenvalue weighted by Crippen LogP contribution is -2.15. The van der Waals surface area contributed by atoms with Crippen molar-refractivity contribution in [3.05, 3.63) is 59.1 Å². The third kappa shape index (κ3) is 4.22. The van der Waals surface area contributed by atoms with E-state index in [4.69, 9.17) is 11.6 Å². The van der Waals surface area contributed by atoms with Crippen molar-refractivity contribution in [1.29, 1.82) is 0 Å². The molecule has 1 amide bonds. The number of amides is 1. The van der Waals surface area contributed by atoms with Crippen molar-refractivity contribution >= 4 is 38.9 Å². The molecule has 5 nitrogen and oxygen atoms in total. The highest BCUT2D eigenvalue weighted by molar-refractivity contribution is 7.92. The predicted octanol–water partition coefficient (Wildman–Crippen LogP) is 3.35. The van der Waals surface area contributed by atoms with Crippen LogP contribution in [0, 0.1) is 0 Å². The number of carbonyl (C=O) groups excluding carboxylic acids is 1. The summed E-state index contributed by atoms with van der Waals surface area (Å²) in [6.45, 7) is 1.55. The van der Waals surface area contributed by atoms with E-state index in [0.717, 1.165) is 0 Å². The van der Waals surface area contributed by atoms with Gasteiger partial charge >= 0.3 is 0 Å². The van der Waals surface area contributed by atoms with Crippen LogP contribution in [0.1, 0.15) is 17.3 Å². The molecule has 2 aromatic carbocycles. The van der Waals surface area contributed by atoms with Crippen molar-refractivity contribution in [2.24, 2.45) is 0 Å². The van der Waals surface area contributed by atoms with Gasteiger partial charge in [-0.1, -0.05) is 23.7 Å². The molecule has 0 saturated heterocycles. The van der Waals surface area contributed by atoms with Crippen LogP contribution in [-0.2, 0) is 10.0 Å². The van der Waals surface area contributed by atoms with E-state index in [-0.39, 0.29) is 11.7 Å². The van der Waals surface area contributed by atoms with Crippen LogP contribution in [0.25, 0.3) is 0 Å². The second-order valence-corrected chi connectivity index (χ2v) is 6.93. The van der Waals surface area contributed by atoms with E-state index in [9.17, 15) is 13.2 Å². The van der Waals surface area contributed by atoms with Crippen LogP contribution in [0.15, 0.2) is 48.5 Å². The van der Waals surface area contributed by atoms with Gasteiger partial charge in [0.25, 0.3) is 5.91 Å². The molecule has 2 N–H and O–H groups in total. The Balaban J connectivity index is 2.10. The van der Waals surface area contributed by atoms with Gasteiger partial charge in [-0.2, -0.15) is 0 Å². The van der Waals surface area contributed by atoms with Crippen LogP contribution in [0.3, 0.4) is 0 Å². The zero-order valence-corrected chi connectivity index (χ0v) is 13.4. The SMILES string of the molecule is CCS(=O)(=O)Nc1ccc(C(=O)Nc2ccccc2Cl)cc1. The van der Waals surface area contributed by atoms with E-state index in [1.54, 1.807) is 43.3 Å². The lowest BCUT2D eigenvalue weighted by atomic mass is 10.2. The molecule has 0 atom stereocenters. The Labute approximate surface area is 134 Å². The third-order valence-corrected chi connectivity index (χ3v) is 4.56. The largest absolute Gasteiger partial charge is 0.321 e. The summed E-state index contributed by atoms with van der Waals surface area (Å²) in [6.07, 6.45) is 0. The Hall–Kier alpha value is -2.05. The molecular weight excluding hydrogens is 324 g/mol. The highest BCUT2D eigenvalue weighted by atomic mass is 35.5. The monoisotopic (exact) mass is 338 g/mol. The molecule has 0 aliphatic heterocycles. The Morgan fingerprint density at radius 3 is 2.32 bits per heavy atom. The second kappa shape index (κ2) is 6.81. The first-order valence-electron chi connectivity index (χ1n) is 6.58. The Bertz CT molecular complexity index is 774. The molecule has 22 heavy (non-hydrogen) atoms. The molecular formula is C15H15ClN2O3S. The number of halogens is 1. The minimum Gasteiger partial charge on any atom is -0.321 e. The van der Waals surface area contributed by atoms with E-state index in [0.29, 0.717) is 22.0 Å². The lowest BCUT2D eigenvalue weighted by Gasteiger charge is -2.09. The molecule has 0 bridgehead atoms. The first kappa shape index (κ1) is 16.3. The number of anilines is 2. The summed E-state index contributed by atoms with van der Waals surface area (Å²) >= 11 is 5.98. The van der Waals surface area contributed by atoms with E-state index < -0.39 is 10.0 Å². The summed E-state index contributed by atoms with van der Waals surface area (Å²) in [5, 5.41) is 3.14. The molecule has 0 aromatic heterocycles. The first-order chi connectivity index (χ1) is 10.4. The topological polar surface area (TPSA) is 75.3 Å². The fraction of sp³-hybridized carbons (Fsp3) is 0.133. The summed E-state index contributed by atoms with van der Waals surface area (Å²) in [5.74, 6) is -0.333. The number of nitrogens with one attached hydrogen (secondary N) is 2. The van der Waals surface area contributed by atoms with E-state index in [2.05, 4.69) is 10.0 Å². The highest BCUT2D eigenvalue weighted by Gasteiger charge is 2.10. The maximum absolute atomic E-state index is 12.1. The minimum atomic E-state index is -3.33. The minimum absolute atomic E-state index is 0.0122. The Morgan fingerprint density at radius 1 is 1.09 bits per heavy atom. The zero-order chi connectivity index (χ0) is 16.2. The molecule has 2 aromatic rings. The van der Waals surface area contributed by atoms with Crippen molar-refractivity contribution in [2.75, 3.05) is 15.8 Å². The normalized spacial score (nSPS) is 11.0. The van der Waals surface area contributed by atoms with Gasteiger partial charge in [0.1, 0.15) is 0 Å².